The summed E-state index contributed by atoms with van der Waals surface area (Å²) in [6, 6.07) is 5.85. The van der Waals surface area contributed by atoms with Crippen molar-refractivity contribution in [3.63, 3.8) is 0 Å². The minimum atomic E-state index is 0.129. The number of carbonyl (C=O) groups is 1. The third-order valence-electron chi connectivity index (χ3n) is 2.20. The molecule has 0 bridgehead atoms. The molecule has 0 unspecified atom stereocenters. The fourth-order valence-electron chi connectivity index (χ4n) is 1.48. The third-order valence-corrected chi connectivity index (χ3v) is 4.63. The number of hydrogen-bond donors (Lipinski definition) is 0. The van der Waals surface area contributed by atoms with Gasteiger partial charge in [-0.3, -0.25) is 4.79 Å². The van der Waals surface area contributed by atoms with Gasteiger partial charge in [0.25, 0.3) is 0 Å². The molecule has 0 N–H and O–H groups in total. The Morgan fingerprint density at radius 2 is 2.14 bits per heavy atom. The van der Waals surface area contributed by atoms with E-state index in [-0.39, 0.29) is 5.78 Å². The SMILES string of the molecule is CC(=O)c1cccc2c(Br)c(C)sc12. The van der Waals surface area contributed by atoms with E-state index in [2.05, 4.69) is 22.9 Å². The molecule has 0 spiro atoms. The molecule has 0 fully saturated rings. The molecule has 2 aromatic rings. The molecule has 1 nitrogen and oxygen atoms in total. The molecule has 0 saturated carbocycles. The molecular formula is C11H9BrOS. The molecule has 0 radical (unpaired) electrons. The summed E-state index contributed by atoms with van der Waals surface area (Å²) in [5.74, 6) is 0.129. The lowest BCUT2D eigenvalue weighted by molar-refractivity contribution is 0.101. The molecule has 72 valence electrons. The number of benzene rings is 1. The Hall–Kier alpha value is -0.670. The monoisotopic (exact) mass is 268 g/mol. The van der Waals surface area contributed by atoms with Crippen LogP contribution in [0.15, 0.2) is 22.7 Å². The first-order chi connectivity index (χ1) is 6.61. The summed E-state index contributed by atoms with van der Waals surface area (Å²) < 4.78 is 2.20. The molecule has 1 heterocycles. The number of aryl methyl sites for hydroxylation is 1. The smallest absolute Gasteiger partial charge is 0.161 e. The Morgan fingerprint density at radius 1 is 1.43 bits per heavy atom. The minimum Gasteiger partial charge on any atom is -0.294 e. The van der Waals surface area contributed by atoms with Gasteiger partial charge < -0.3 is 0 Å². The maximum Gasteiger partial charge on any atom is 0.161 e. The standard InChI is InChI=1S/C11H9BrOS/c1-6(13)8-4-3-5-9-10(12)7(2)14-11(8)9/h3-5H,1-2H3. The first-order valence-corrected chi connectivity index (χ1v) is 5.90. The zero-order valence-corrected chi connectivity index (χ0v) is 10.3. The topological polar surface area (TPSA) is 17.1 Å². The number of fused-ring (bicyclic) bond motifs is 1. The fourth-order valence-corrected chi connectivity index (χ4v) is 3.30. The van der Waals surface area contributed by atoms with Crippen molar-refractivity contribution < 1.29 is 4.79 Å². The van der Waals surface area contributed by atoms with E-state index < -0.39 is 0 Å². The molecule has 1 aromatic carbocycles. The minimum absolute atomic E-state index is 0.129. The summed E-state index contributed by atoms with van der Waals surface area (Å²) >= 11 is 5.20. The van der Waals surface area contributed by atoms with Crippen LogP contribution in [-0.2, 0) is 0 Å². The summed E-state index contributed by atoms with van der Waals surface area (Å²) in [6.45, 7) is 3.66. The van der Waals surface area contributed by atoms with Crippen LogP contribution >= 0.6 is 27.3 Å². The third kappa shape index (κ3) is 1.41. The molecule has 0 aliphatic heterocycles. The van der Waals surface area contributed by atoms with Crippen molar-refractivity contribution in [2.75, 3.05) is 0 Å². The maximum absolute atomic E-state index is 11.4. The van der Waals surface area contributed by atoms with Crippen LogP contribution in [0.25, 0.3) is 10.1 Å². The highest BCUT2D eigenvalue weighted by molar-refractivity contribution is 9.10. The first-order valence-electron chi connectivity index (χ1n) is 4.30. The largest absolute Gasteiger partial charge is 0.294 e. The molecule has 1 aromatic heterocycles. The van der Waals surface area contributed by atoms with E-state index in [1.54, 1.807) is 18.3 Å². The van der Waals surface area contributed by atoms with Crippen molar-refractivity contribution in [1.82, 2.24) is 0 Å². The predicted molar refractivity (Wildman–Crippen MR) is 64.3 cm³/mol. The van der Waals surface area contributed by atoms with Gasteiger partial charge in [-0.05, 0) is 35.8 Å². The Kier molecular flexibility index (Phi) is 2.45. The number of ketones is 1. The number of carbonyl (C=O) groups excluding carboxylic acids is 1. The van der Waals surface area contributed by atoms with Crippen LogP contribution in [0.3, 0.4) is 0 Å². The molecule has 0 atom stereocenters. The molecule has 0 amide bonds. The molecule has 0 saturated heterocycles. The fraction of sp³-hybridized carbons (Fsp3) is 0.182. The Labute approximate surface area is 94.9 Å². The van der Waals surface area contributed by atoms with Gasteiger partial charge in [0.1, 0.15) is 0 Å². The molecule has 2 rings (SSSR count). The zero-order valence-electron chi connectivity index (χ0n) is 7.93. The number of hydrogen-bond acceptors (Lipinski definition) is 2. The lowest BCUT2D eigenvalue weighted by Crippen LogP contribution is -1.90. The second-order valence-electron chi connectivity index (χ2n) is 3.21. The van der Waals surface area contributed by atoms with Crippen molar-refractivity contribution in [3.05, 3.63) is 33.1 Å². The average Bonchev–Trinajstić information content (AvgIpc) is 2.43. The van der Waals surface area contributed by atoms with E-state index in [1.807, 2.05) is 18.2 Å². The summed E-state index contributed by atoms with van der Waals surface area (Å²) in [7, 11) is 0. The van der Waals surface area contributed by atoms with Crippen LogP contribution in [0.5, 0.6) is 0 Å². The second kappa shape index (κ2) is 3.48. The lowest BCUT2D eigenvalue weighted by Gasteiger charge is -1.96. The maximum atomic E-state index is 11.4. The number of halogens is 1. The van der Waals surface area contributed by atoms with Crippen LogP contribution in [0.4, 0.5) is 0 Å². The van der Waals surface area contributed by atoms with Gasteiger partial charge in [0.05, 0.1) is 0 Å². The van der Waals surface area contributed by atoms with Gasteiger partial charge in [0.2, 0.25) is 0 Å². The number of Topliss-reactive ketones (excluding diaryl/α,β-unsaturated/α-hetero) is 1. The highest BCUT2D eigenvalue weighted by Gasteiger charge is 2.11. The van der Waals surface area contributed by atoms with Crippen LogP contribution in [-0.4, -0.2) is 5.78 Å². The summed E-state index contributed by atoms with van der Waals surface area (Å²) in [6.07, 6.45) is 0. The molecular weight excluding hydrogens is 260 g/mol. The van der Waals surface area contributed by atoms with Gasteiger partial charge in [-0.1, -0.05) is 12.1 Å². The number of rotatable bonds is 1. The van der Waals surface area contributed by atoms with Crippen molar-refractivity contribution in [3.8, 4) is 0 Å². The van der Waals surface area contributed by atoms with E-state index in [4.69, 9.17) is 0 Å². The molecule has 3 heteroatoms. The predicted octanol–water partition coefficient (Wildman–Crippen LogP) is 4.17. The first kappa shape index (κ1) is 9.87. The average molecular weight is 269 g/mol. The highest BCUT2D eigenvalue weighted by Crippen LogP contribution is 2.36. The number of thiophene rings is 1. The van der Waals surface area contributed by atoms with Gasteiger partial charge in [0.15, 0.2) is 5.78 Å². The van der Waals surface area contributed by atoms with Gasteiger partial charge >= 0.3 is 0 Å². The molecule has 0 aliphatic rings. The lowest BCUT2D eigenvalue weighted by atomic mass is 10.1. The van der Waals surface area contributed by atoms with Gasteiger partial charge in [-0.25, -0.2) is 0 Å². The second-order valence-corrected chi connectivity index (χ2v) is 5.23. The summed E-state index contributed by atoms with van der Waals surface area (Å²) in [5.41, 5.74) is 0.821. The normalized spacial score (nSPS) is 10.8. The van der Waals surface area contributed by atoms with E-state index >= 15 is 0 Å². The van der Waals surface area contributed by atoms with Crippen molar-refractivity contribution in [1.29, 1.82) is 0 Å². The van der Waals surface area contributed by atoms with E-state index in [0.717, 1.165) is 20.1 Å². The van der Waals surface area contributed by atoms with Gasteiger partial charge in [-0.2, -0.15) is 0 Å². The Balaban J connectivity index is 2.88. The van der Waals surface area contributed by atoms with Gasteiger partial charge in [-0.15, -0.1) is 11.3 Å². The van der Waals surface area contributed by atoms with E-state index in [9.17, 15) is 4.79 Å². The van der Waals surface area contributed by atoms with Crippen LogP contribution in [0.1, 0.15) is 22.2 Å². The van der Waals surface area contributed by atoms with E-state index in [0.29, 0.717) is 0 Å². The van der Waals surface area contributed by atoms with Crippen molar-refractivity contribution in [2.24, 2.45) is 0 Å². The van der Waals surface area contributed by atoms with Crippen molar-refractivity contribution in [2.45, 2.75) is 13.8 Å². The van der Waals surface area contributed by atoms with Gasteiger partial charge in [0, 0.05) is 25.0 Å². The van der Waals surface area contributed by atoms with Crippen molar-refractivity contribution >= 4 is 43.1 Å². The van der Waals surface area contributed by atoms with Crippen LogP contribution < -0.4 is 0 Å². The quantitative estimate of drug-likeness (QED) is 0.710. The highest BCUT2D eigenvalue weighted by atomic mass is 79.9. The van der Waals surface area contributed by atoms with E-state index in [1.165, 1.54) is 4.88 Å². The Morgan fingerprint density at radius 3 is 2.79 bits per heavy atom. The summed E-state index contributed by atoms with van der Waals surface area (Å²) in [4.78, 5) is 12.6. The van der Waals surface area contributed by atoms with Crippen LogP contribution in [0.2, 0.25) is 0 Å². The Bertz CT molecular complexity index is 513. The van der Waals surface area contributed by atoms with Crippen LogP contribution in [0, 0.1) is 6.92 Å². The zero-order chi connectivity index (χ0) is 10.3. The molecule has 0 aliphatic carbocycles. The summed E-state index contributed by atoms with van der Waals surface area (Å²) in [5, 5.41) is 1.14. The molecule has 14 heavy (non-hydrogen) atoms.